The molecule has 0 heterocycles. The van der Waals surface area contributed by atoms with E-state index in [9.17, 15) is 15.2 Å². The van der Waals surface area contributed by atoms with Crippen molar-refractivity contribution >= 4 is 11.4 Å². The molecule has 1 rings (SSSR count). The van der Waals surface area contributed by atoms with Gasteiger partial charge in [0.2, 0.25) is 0 Å². The maximum Gasteiger partial charge on any atom is 0.311 e. The summed E-state index contributed by atoms with van der Waals surface area (Å²) >= 11 is 0. The van der Waals surface area contributed by atoms with Gasteiger partial charge in [0.15, 0.2) is 5.75 Å². The van der Waals surface area contributed by atoms with Gasteiger partial charge in [-0.25, -0.2) is 0 Å². The summed E-state index contributed by atoms with van der Waals surface area (Å²) in [5.41, 5.74) is 0.657. The summed E-state index contributed by atoms with van der Waals surface area (Å²) < 4.78 is 10.4. The number of aliphatic hydroxyl groups is 1. The largest absolute Gasteiger partial charge is 0.484 e. The lowest BCUT2D eigenvalue weighted by Gasteiger charge is -2.23. The van der Waals surface area contributed by atoms with Crippen LogP contribution in [-0.4, -0.2) is 49.5 Å². The molecule has 7 nitrogen and oxygen atoms in total. The van der Waals surface area contributed by atoms with Crippen LogP contribution in [0.3, 0.4) is 0 Å². The molecular formula is C14H22N2O5. The van der Waals surface area contributed by atoms with Crippen LogP contribution in [0.15, 0.2) is 18.2 Å². The van der Waals surface area contributed by atoms with Gasteiger partial charge in [0, 0.05) is 38.5 Å². The number of ether oxygens (including phenoxy) is 2. The standard InChI is InChI=1S/C14H22N2O5/c1-10(2)21-14-7-11(5-6-13(14)16(18)19)15(3)8-12(17)9-20-4/h5-7,10,12,17H,8-9H2,1-4H3. The maximum absolute atomic E-state index is 11.0. The number of aliphatic hydroxyl groups excluding tert-OH is 1. The Labute approximate surface area is 124 Å². The van der Waals surface area contributed by atoms with Crippen molar-refractivity contribution in [3.05, 3.63) is 28.3 Å². The highest BCUT2D eigenvalue weighted by Crippen LogP contribution is 2.32. The number of nitro benzene ring substituents is 1. The number of likely N-dealkylation sites (N-methyl/N-ethyl adjacent to an activating group) is 1. The highest BCUT2D eigenvalue weighted by Gasteiger charge is 2.18. The molecule has 118 valence electrons. The smallest absolute Gasteiger partial charge is 0.311 e. The molecule has 0 amide bonds. The number of nitro groups is 1. The molecule has 0 bridgehead atoms. The Bertz CT molecular complexity index is 478. The van der Waals surface area contributed by atoms with Crippen LogP contribution in [0.5, 0.6) is 5.75 Å². The summed E-state index contributed by atoms with van der Waals surface area (Å²) in [5.74, 6) is 0.223. The fourth-order valence-electron chi connectivity index (χ4n) is 1.91. The summed E-state index contributed by atoms with van der Waals surface area (Å²) in [6, 6.07) is 4.65. The van der Waals surface area contributed by atoms with E-state index in [-0.39, 0.29) is 24.1 Å². The summed E-state index contributed by atoms with van der Waals surface area (Å²) in [4.78, 5) is 12.3. The van der Waals surface area contributed by atoms with E-state index in [4.69, 9.17) is 9.47 Å². The molecule has 7 heteroatoms. The monoisotopic (exact) mass is 298 g/mol. The van der Waals surface area contributed by atoms with Crippen molar-refractivity contribution in [3.8, 4) is 5.75 Å². The van der Waals surface area contributed by atoms with Crippen LogP contribution in [0.25, 0.3) is 0 Å². The van der Waals surface area contributed by atoms with Crippen LogP contribution in [0.1, 0.15) is 13.8 Å². The average molecular weight is 298 g/mol. The van der Waals surface area contributed by atoms with Gasteiger partial charge < -0.3 is 19.5 Å². The van der Waals surface area contributed by atoms with Crippen molar-refractivity contribution in [2.45, 2.75) is 26.1 Å². The molecule has 1 unspecified atom stereocenters. The minimum absolute atomic E-state index is 0.0710. The van der Waals surface area contributed by atoms with E-state index in [0.717, 1.165) is 5.69 Å². The Hall–Kier alpha value is -1.86. The number of rotatable bonds is 8. The predicted octanol–water partition coefficient (Wildman–Crippen LogP) is 1.83. The van der Waals surface area contributed by atoms with E-state index in [0.29, 0.717) is 6.54 Å². The van der Waals surface area contributed by atoms with Gasteiger partial charge in [-0.1, -0.05) is 0 Å². The third-order valence-electron chi connectivity index (χ3n) is 2.79. The number of anilines is 1. The summed E-state index contributed by atoms with van der Waals surface area (Å²) in [7, 11) is 3.31. The van der Waals surface area contributed by atoms with Crippen molar-refractivity contribution in [3.63, 3.8) is 0 Å². The molecular weight excluding hydrogens is 276 g/mol. The van der Waals surface area contributed by atoms with E-state index in [1.165, 1.54) is 13.2 Å². The fourth-order valence-corrected chi connectivity index (χ4v) is 1.91. The van der Waals surface area contributed by atoms with Crippen LogP contribution < -0.4 is 9.64 Å². The third-order valence-corrected chi connectivity index (χ3v) is 2.79. The van der Waals surface area contributed by atoms with Gasteiger partial charge in [-0.2, -0.15) is 0 Å². The Morgan fingerprint density at radius 1 is 1.43 bits per heavy atom. The molecule has 0 aliphatic carbocycles. The molecule has 1 N–H and O–H groups in total. The molecule has 0 saturated carbocycles. The van der Waals surface area contributed by atoms with E-state index in [2.05, 4.69) is 0 Å². The summed E-state index contributed by atoms with van der Waals surface area (Å²) in [5, 5.41) is 20.7. The fraction of sp³-hybridized carbons (Fsp3) is 0.571. The SMILES string of the molecule is COCC(O)CN(C)c1ccc([N+](=O)[O-])c(OC(C)C)c1. The molecule has 0 fully saturated rings. The van der Waals surface area contributed by atoms with Gasteiger partial charge in [-0.05, 0) is 19.9 Å². The van der Waals surface area contributed by atoms with Gasteiger partial charge in [0.1, 0.15) is 0 Å². The second-order valence-corrected chi connectivity index (χ2v) is 5.07. The average Bonchev–Trinajstić information content (AvgIpc) is 2.37. The van der Waals surface area contributed by atoms with Gasteiger partial charge in [-0.3, -0.25) is 10.1 Å². The first kappa shape index (κ1) is 17.2. The third kappa shape index (κ3) is 5.20. The first-order valence-electron chi connectivity index (χ1n) is 6.68. The van der Waals surface area contributed by atoms with Crippen molar-refractivity contribution in [1.29, 1.82) is 0 Å². The highest BCUT2D eigenvalue weighted by atomic mass is 16.6. The lowest BCUT2D eigenvalue weighted by atomic mass is 10.2. The second kappa shape index (κ2) is 7.80. The van der Waals surface area contributed by atoms with Crippen LogP contribution in [0.2, 0.25) is 0 Å². The predicted molar refractivity (Wildman–Crippen MR) is 80.0 cm³/mol. The van der Waals surface area contributed by atoms with Gasteiger partial charge in [-0.15, -0.1) is 0 Å². The van der Waals surface area contributed by atoms with Gasteiger partial charge >= 0.3 is 5.69 Å². The van der Waals surface area contributed by atoms with Gasteiger partial charge in [0.05, 0.1) is 23.7 Å². The molecule has 0 radical (unpaired) electrons. The molecule has 0 saturated heterocycles. The molecule has 1 aromatic carbocycles. The molecule has 0 aliphatic heterocycles. The Morgan fingerprint density at radius 2 is 2.10 bits per heavy atom. The van der Waals surface area contributed by atoms with Crippen LogP contribution in [0, 0.1) is 10.1 Å². The Morgan fingerprint density at radius 3 is 2.62 bits per heavy atom. The lowest BCUT2D eigenvalue weighted by Crippen LogP contribution is -2.31. The van der Waals surface area contributed by atoms with Crippen LogP contribution in [0.4, 0.5) is 11.4 Å². The van der Waals surface area contributed by atoms with Crippen molar-refractivity contribution in [1.82, 2.24) is 0 Å². The number of methoxy groups -OCH3 is 1. The minimum Gasteiger partial charge on any atom is -0.484 e. The first-order chi connectivity index (χ1) is 9.85. The Kier molecular flexibility index (Phi) is 6.39. The second-order valence-electron chi connectivity index (χ2n) is 5.07. The van der Waals surface area contributed by atoms with E-state index >= 15 is 0 Å². The summed E-state index contributed by atoms with van der Waals surface area (Å²) in [6.07, 6.45) is -0.798. The quantitative estimate of drug-likeness (QED) is 0.582. The molecule has 1 atom stereocenters. The molecule has 1 aromatic rings. The van der Waals surface area contributed by atoms with Gasteiger partial charge in [0.25, 0.3) is 0 Å². The zero-order valence-electron chi connectivity index (χ0n) is 12.8. The number of benzene rings is 1. The van der Waals surface area contributed by atoms with E-state index in [1.807, 2.05) is 13.8 Å². The zero-order chi connectivity index (χ0) is 16.0. The minimum atomic E-state index is -0.635. The zero-order valence-corrected chi connectivity index (χ0v) is 12.8. The molecule has 0 aliphatic rings. The molecule has 0 aromatic heterocycles. The maximum atomic E-state index is 11.0. The van der Waals surface area contributed by atoms with Crippen molar-refractivity contribution < 1.29 is 19.5 Å². The van der Waals surface area contributed by atoms with Crippen LogP contribution >= 0.6 is 0 Å². The summed E-state index contributed by atoms with van der Waals surface area (Å²) in [6.45, 7) is 4.20. The lowest BCUT2D eigenvalue weighted by molar-refractivity contribution is -0.386. The number of hydrogen-bond acceptors (Lipinski definition) is 6. The number of nitrogens with zero attached hydrogens (tertiary/aromatic N) is 2. The highest BCUT2D eigenvalue weighted by molar-refractivity contribution is 5.59. The van der Waals surface area contributed by atoms with Crippen molar-refractivity contribution in [2.24, 2.45) is 0 Å². The van der Waals surface area contributed by atoms with Crippen LogP contribution in [-0.2, 0) is 4.74 Å². The molecule has 21 heavy (non-hydrogen) atoms. The van der Waals surface area contributed by atoms with E-state index < -0.39 is 11.0 Å². The van der Waals surface area contributed by atoms with E-state index in [1.54, 1.807) is 24.1 Å². The van der Waals surface area contributed by atoms with Crippen molar-refractivity contribution in [2.75, 3.05) is 32.2 Å². The Balaban J connectivity index is 2.95. The normalized spacial score (nSPS) is 12.3. The topological polar surface area (TPSA) is 85.1 Å². The number of hydrogen-bond donors (Lipinski definition) is 1. The first-order valence-corrected chi connectivity index (χ1v) is 6.68. The molecule has 0 spiro atoms.